The Morgan fingerprint density at radius 3 is 2.89 bits per heavy atom. The molecule has 5 heteroatoms. The van der Waals surface area contributed by atoms with Gasteiger partial charge in [0, 0.05) is 30.3 Å². The average Bonchev–Trinajstić information content (AvgIpc) is 2.96. The van der Waals surface area contributed by atoms with Gasteiger partial charge in [0.2, 0.25) is 0 Å². The van der Waals surface area contributed by atoms with Gasteiger partial charge in [0.25, 0.3) is 0 Å². The number of hydrogen-bond donors (Lipinski definition) is 0. The van der Waals surface area contributed by atoms with Crippen molar-refractivity contribution in [1.29, 1.82) is 0 Å². The molecule has 0 saturated carbocycles. The smallest absolute Gasteiger partial charge is 0.119 e. The Balaban J connectivity index is 1.97. The number of aromatic nitrogens is 4. The zero-order chi connectivity index (χ0) is 12.5. The summed E-state index contributed by atoms with van der Waals surface area (Å²) in [5, 5.41) is 9.20. The lowest BCUT2D eigenvalue weighted by molar-refractivity contribution is 0.415. The third-order valence-electron chi connectivity index (χ3n) is 2.96. The second-order valence-corrected chi connectivity index (χ2v) is 4.25. The number of nitrogens with zero attached hydrogens (tertiary/aromatic N) is 4. The standard InChI is InChI=1S/C13H14N4O/c1-16-8-11(14-15-16)9-17-6-5-10-7-12(18-2)3-4-13(10)17/h3-8H,9H2,1-2H3. The minimum Gasteiger partial charge on any atom is -0.497 e. The molecule has 3 rings (SSSR count). The Kier molecular flexibility index (Phi) is 2.51. The molecule has 0 spiro atoms. The Labute approximate surface area is 105 Å². The fourth-order valence-electron chi connectivity index (χ4n) is 2.09. The summed E-state index contributed by atoms with van der Waals surface area (Å²) in [4.78, 5) is 0. The summed E-state index contributed by atoms with van der Waals surface area (Å²) in [5.74, 6) is 0.875. The van der Waals surface area contributed by atoms with Crippen LogP contribution in [0.5, 0.6) is 5.75 Å². The molecule has 2 heterocycles. The van der Waals surface area contributed by atoms with Crippen molar-refractivity contribution in [1.82, 2.24) is 19.6 Å². The zero-order valence-electron chi connectivity index (χ0n) is 10.4. The lowest BCUT2D eigenvalue weighted by atomic mass is 10.2. The van der Waals surface area contributed by atoms with Crippen LogP contribution in [0.25, 0.3) is 10.9 Å². The van der Waals surface area contributed by atoms with Crippen molar-refractivity contribution in [2.24, 2.45) is 7.05 Å². The highest BCUT2D eigenvalue weighted by Gasteiger charge is 2.05. The third kappa shape index (κ3) is 1.84. The maximum absolute atomic E-state index is 5.22. The van der Waals surface area contributed by atoms with Crippen molar-refractivity contribution < 1.29 is 4.74 Å². The molecule has 5 nitrogen and oxygen atoms in total. The molecule has 0 fully saturated rings. The minimum absolute atomic E-state index is 0.726. The number of hydrogen-bond acceptors (Lipinski definition) is 3. The highest BCUT2D eigenvalue weighted by atomic mass is 16.5. The van der Waals surface area contributed by atoms with E-state index in [0.29, 0.717) is 0 Å². The van der Waals surface area contributed by atoms with Crippen LogP contribution in [0.4, 0.5) is 0 Å². The molecule has 0 amide bonds. The van der Waals surface area contributed by atoms with Crippen molar-refractivity contribution >= 4 is 10.9 Å². The van der Waals surface area contributed by atoms with E-state index < -0.39 is 0 Å². The number of aryl methyl sites for hydroxylation is 1. The van der Waals surface area contributed by atoms with Gasteiger partial charge >= 0.3 is 0 Å². The van der Waals surface area contributed by atoms with E-state index in [2.05, 4.69) is 33.2 Å². The van der Waals surface area contributed by atoms with E-state index in [-0.39, 0.29) is 0 Å². The quantitative estimate of drug-likeness (QED) is 0.703. The van der Waals surface area contributed by atoms with Gasteiger partial charge in [-0.3, -0.25) is 4.68 Å². The molecule has 92 valence electrons. The zero-order valence-corrected chi connectivity index (χ0v) is 10.4. The fraction of sp³-hybridized carbons (Fsp3) is 0.231. The molecule has 0 aliphatic heterocycles. The van der Waals surface area contributed by atoms with Gasteiger partial charge in [0.1, 0.15) is 11.4 Å². The first-order valence-corrected chi connectivity index (χ1v) is 5.74. The predicted octanol–water partition coefficient (Wildman–Crippen LogP) is 1.83. The number of fused-ring (bicyclic) bond motifs is 1. The molecule has 3 aromatic rings. The second kappa shape index (κ2) is 4.18. The molecule has 2 aromatic heterocycles. The maximum Gasteiger partial charge on any atom is 0.119 e. The van der Waals surface area contributed by atoms with Crippen LogP contribution in [0.1, 0.15) is 5.69 Å². The Bertz CT molecular complexity index is 683. The lowest BCUT2D eigenvalue weighted by Gasteiger charge is -2.03. The molecule has 0 aliphatic rings. The molecule has 1 aromatic carbocycles. The summed E-state index contributed by atoms with van der Waals surface area (Å²) in [7, 11) is 3.55. The van der Waals surface area contributed by atoms with Crippen LogP contribution in [-0.2, 0) is 13.6 Å². The maximum atomic E-state index is 5.22. The van der Waals surface area contributed by atoms with E-state index in [1.54, 1.807) is 11.8 Å². The summed E-state index contributed by atoms with van der Waals surface area (Å²) in [6, 6.07) is 8.14. The van der Waals surface area contributed by atoms with E-state index in [1.807, 2.05) is 25.4 Å². The van der Waals surface area contributed by atoms with Gasteiger partial charge in [0.05, 0.1) is 13.7 Å². The van der Waals surface area contributed by atoms with Crippen LogP contribution >= 0.6 is 0 Å². The summed E-state index contributed by atoms with van der Waals surface area (Å²) in [6.45, 7) is 0.726. The first kappa shape index (κ1) is 10.8. The predicted molar refractivity (Wildman–Crippen MR) is 68.6 cm³/mol. The van der Waals surface area contributed by atoms with Gasteiger partial charge in [0.15, 0.2) is 0 Å². The summed E-state index contributed by atoms with van der Waals surface area (Å²) < 4.78 is 9.08. The van der Waals surface area contributed by atoms with Crippen LogP contribution in [-0.4, -0.2) is 26.7 Å². The van der Waals surface area contributed by atoms with Gasteiger partial charge in [-0.15, -0.1) is 5.10 Å². The van der Waals surface area contributed by atoms with Gasteiger partial charge < -0.3 is 9.30 Å². The molecule has 0 radical (unpaired) electrons. The average molecular weight is 242 g/mol. The summed E-state index contributed by atoms with van der Waals surface area (Å²) >= 11 is 0. The van der Waals surface area contributed by atoms with Gasteiger partial charge in [-0.25, -0.2) is 0 Å². The molecule has 0 bridgehead atoms. The van der Waals surface area contributed by atoms with Crippen LogP contribution in [0, 0.1) is 0 Å². The lowest BCUT2D eigenvalue weighted by Crippen LogP contribution is -1.98. The van der Waals surface area contributed by atoms with Crippen molar-refractivity contribution in [2.45, 2.75) is 6.54 Å². The van der Waals surface area contributed by atoms with Crippen LogP contribution in [0.2, 0.25) is 0 Å². The summed E-state index contributed by atoms with van der Waals surface area (Å²) in [5.41, 5.74) is 2.12. The molecule has 18 heavy (non-hydrogen) atoms. The van der Waals surface area contributed by atoms with E-state index in [0.717, 1.165) is 18.0 Å². The van der Waals surface area contributed by atoms with E-state index in [9.17, 15) is 0 Å². The number of benzene rings is 1. The Hall–Kier alpha value is -2.30. The molecule has 0 atom stereocenters. The molecule has 0 saturated heterocycles. The third-order valence-corrected chi connectivity index (χ3v) is 2.96. The molecule has 0 aliphatic carbocycles. The Morgan fingerprint density at radius 2 is 2.17 bits per heavy atom. The number of methoxy groups -OCH3 is 1. The van der Waals surface area contributed by atoms with E-state index >= 15 is 0 Å². The molecular formula is C13H14N4O. The first-order chi connectivity index (χ1) is 8.76. The molecule has 0 N–H and O–H groups in total. The van der Waals surface area contributed by atoms with Gasteiger partial charge in [-0.05, 0) is 24.3 Å². The number of ether oxygens (including phenoxy) is 1. The first-order valence-electron chi connectivity index (χ1n) is 5.74. The van der Waals surface area contributed by atoms with Crippen LogP contribution in [0.3, 0.4) is 0 Å². The monoisotopic (exact) mass is 242 g/mol. The minimum atomic E-state index is 0.726. The van der Waals surface area contributed by atoms with Crippen molar-refractivity contribution in [3.8, 4) is 5.75 Å². The largest absolute Gasteiger partial charge is 0.497 e. The van der Waals surface area contributed by atoms with Crippen molar-refractivity contribution in [3.05, 3.63) is 42.4 Å². The topological polar surface area (TPSA) is 44.9 Å². The van der Waals surface area contributed by atoms with E-state index in [4.69, 9.17) is 4.74 Å². The second-order valence-electron chi connectivity index (χ2n) is 4.25. The number of rotatable bonds is 3. The highest BCUT2D eigenvalue weighted by molar-refractivity contribution is 5.81. The normalized spacial score (nSPS) is 11.0. The van der Waals surface area contributed by atoms with Crippen LogP contribution in [0.15, 0.2) is 36.7 Å². The fourth-order valence-corrected chi connectivity index (χ4v) is 2.09. The van der Waals surface area contributed by atoms with Crippen molar-refractivity contribution in [2.75, 3.05) is 7.11 Å². The highest BCUT2D eigenvalue weighted by Crippen LogP contribution is 2.22. The molecule has 0 unspecified atom stereocenters. The SMILES string of the molecule is COc1ccc2c(ccn2Cc2cn(C)nn2)c1. The summed E-state index contributed by atoms with van der Waals surface area (Å²) in [6.07, 6.45) is 3.98. The van der Waals surface area contributed by atoms with E-state index in [1.165, 1.54) is 10.9 Å². The van der Waals surface area contributed by atoms with Gasteiger partial charge in [-0.2, -0.15) is 0 Å². The van der Waals surface area contributed by atoms with Gasteiger partial charge in [-0.1, -0.05) is 5.21 Å². The van der Waals surface area contributed by atoms with Crippen molar-refractivity contribution in [3.63, 3.8) is 0 Å². The van der Waals surface area contributed by atoms with Crippen LogP contribution < -0.4 is 4.74 Å². The Morgan fingerprint density at radius 1 is 1.28 bits per heavy atom. The molecular weight excluding hydrogens is 228 g/mol.